The molecule has 1 aliphatic rings. The number of hydrogen-bond acceptors (Lipinski definition) is 7. The summed E-state index contributed by atoms with van der Waals surface area (Å²) in [6, 6.07) is 6.27. The minimum atomic E-state index is -0.298. The lowest BCUT2D eigenvalue weighted by Crippen LogP contribution is -2.48. The molecule has 0 aliphatic carbocycles. The first-order valence-electron chi connectivity index (χ1n) is 9.50. The Morgan fingerprint density at radius 2 is 2.04 bits per heavy atom. The summed E-state index contributed by atoms with van der Waals surface area (Å²) in [6.07, 6.45) is 0.698. The molecule has 2 N–H and O–H groups in total. The number of β-amino-alcohol motifs (C(OH)–C–C–N with tert-alkyl or cyclic N) is 1. The van der Waals surface area contributed by atoms with Crippen LogP contribution in [0, 0.1) is 5.82 Å². The molecule has 1 aliphatic heterocycles. The zero-order valence-corrected chi connectivity index (χ0v) is 16.6. The number of aromatic nitrogens is 3. The maximum atomic E-state index is 14.0. The number of rotatable bonds is 6. The summed E-state index contributed by atoms with van der Waals surface area (Å²) in [6.45, 7) is 5.91. The quantitative estimate of drug-likeness (QED) is 0.652. The second-order valence-electron chi connectivity index (χ2n) is 6.92. The van der Waals surface area contributed by atoms with Crippen LogP contribution in [0.5, 0.6) is 5.88 Å². The van der Waals surface area contributed by atoms with E-state index in [-0.39, 0.29) is 24.3 Å². The van der Waals surface area contributed by atoms with Crippen LogP contribution in [0.3, 0.4) is 0 Å². The molecule has 0 spiro atoms. The third kappa shape index (κ3) is 3.62. The van der Waals surface area contributed by atoms with Crippen molar-refractivity contribution in [2.24, 2.45) is 0 Å². The molecular weight excluding hydrogens is 381 g/mol. The van der Waals surface area contributed by atoms with E-state index in [1.165, 1.54) is 28.0 Å². The summed E-state index contributed by atoms with van der Waals surface area (Å²) < 4.78 is 15.5. The van der Waals surface area contributed by atoms with Gasteiger partial charge in [0, 0.05) is 39.1 Å². The van der Waals surface area contributed by atoms with Crippen molar-refractivity contribution in [3.8, 4) is 5.88 Å². The fraction of sp³-hybridized carbons (Fsp3) is 0.474. The van der Waals surface area contributed by atoms with Crippen molar-refractivity contribution >= 4 is 16.3 Å². The number of halogens is 1. The normalized spacial score (nSPS) is 17.4. The molecule has 0 bridgehead atoms. The maximum absolute atomic E-state index is 14.0. The monoisotopic (exact) mass is 405 g/mol. The molecular formula is C19H24FN5O2S. The SMILES string of the molecule is CCc1nc2sc(C(c3cccc(F)c3)N3CCN(CCO)CC3)c(O)n2n1. The van der Waals surface area contributed by atoms with Gasteiger partial charge in [-0.15, -0.1) is 5.10 Å². The van der Waals surface area contributed by atoms with Crippen molar-refractivity contribution in [3.63, 3.8) is 0 Å². The van der Waals surface area contributed by atoms with E-state index in [9.17, 15) is 14.6 Å². The van der Waals surface area contributed by atoms with E-state index in [1.807, 2.05) is 13.0 Å². The van der Waals surface area contributed by atoms with Gasteiger partial charge in [0.25, 0.3) is 0 Å². The lowest BCUT2D eigenvalue weighted by molar-refractivity contribution is 0.0944. The molecule has 3 aromatic rings. The molecule has 4 rings (SSSR count). The average molecular weight is 405 g/mol. The van der Waals surface area contributed by atoms with Gasteiger partial charge in [-0.05, 0) is 17.7 Å². The number of thiazole rings is 1. The summed E-state index contributed by atoms with van der Waals surface area (Å²) in [5, 5.41) is 24.4. The topological polar surface area (TPSA) is 77.1 Å². The van der Waals surface area contributed by atoms with Crippen LogP contribution in [0.2, 0.25) is 0 Å². The maximum Gasteiger partial charge on any atom is 0.230 e. The molecule has 1 saturated heterocycles. The molecule has 0 amide bonds. The third-order valence-electron chi connectivity index (χ3n) is 5.16. The fourth-order valence-corrected chi connectivity index (χ4v) is 4.85. The highest BCUT2D eigenvalue weighted by atomic mass is 32.1. The molecule has 9 heteroatoms. The number of piperazine rings is 1. The van der Waals surface area contributed by atoms with Crippen LogP contribution in [0.1, 0.15) is 29.2 Å². The van der Waals surface area contributed by atoms with Crippen LogP contribution in [-0.2, 0) is 6.42 Å². The summed E-state index contributed by atoms with van der Waals surface area (Å²) >= 11 is 1.40. The Morgan fingerprint density at radius 3 is 2.68 bits per heavy atom. The van der Waals surface area contributed by atoms with Gasteiger partial charge in [-0.2, -0.15) is 4.52 Å². The molecule has 1 unspecified atom stereocenters. The first-order chi connectivity index (χ1) is 13.6. The highest BCUT2D eigenvalue weighted by Gasteiger charge is 2.31. The van der Waals surface area contributed by atoms with Crippen LogP contribution in [0.15, 0.2) is 24.3 Å². The van der Waals surface area contributed by atoms with Crippen molar-refractivity contribution in [3.05, 3.63) is 46.3 Å². The minimum Gasteiger partial charge on any atom is -0.492 e. The summed E-state index contributed by atoms with van der Waals surface area (Å²) in [4.78, 5) is 10.3. The van der Waals surface area contributed by atoms with Gasteiger partial charge in [0.1, 0.15) is 5.82 Å². The van der Waals surface area contributed by atoms with Gasteiger partial charge in [-0.1, -0.05) is 30.4 Å². The molecule has 1 aromatic carbocycles. The van der Waals surface area contributed by atoms with Gasteiger partial charge in [-0.3, -0.25) is 9.80 Å². The van der Waals surface area contributed by atoms with E-state index in [1.54, 1.807) is 6.07 Å². The van der Waals surface area contributed by atoms with Gasteiger partial charge < -0.3 is 10.2 Å². The second-order valence-corrected chi connectivity index (χ2v) is 7.93. The Kier molecular flexibility index (Phi) is 5.58. The smallest absolute Gasteiger partial charge is 0.230 e. The average Bonchev–Trinajstić information content (AvgIpc) is 3.23. The predicted molar refractivity (Wildman–Crippen MR) is 105 cm³/mol. The highest BCUT2D eigenvalue weighted by molar-refractivity contribution is 7.17. The minimum absolute atomic E-state index is 0.0687. The predicted octanol–water partition coefficient (Wildman–Crippen LogP) is 1.90. The van der Waals surface area contributed by atoms with Crippen LogP contribution >= 0.6 is 11.3 Å². The van der Waals surface area contributed by atoms with E-state index in [0.29, 0.717) is 23.8 Å². The summed E-state index contributed by atoms with van der Waals surface area (Å²) in [5.74, 6) is 0.459. The van der Waals surface area contributed by atoms with E-state index in [2.05, 4.69) is 19.9 Å². The van der Waals surface area contributed by atoms with Gasteiger partial charge >= 0.3 is 0 Å². The molecule has 0 saturated carbocycles. The van der Waals surface area contributed by atoms with Crippen molar-refractivity contribution in [1.29, 1.82) is 0 Å². The van der Waals surface area contributed by atoms with Crippen LogP contribution in [0.4, 0.5) is 4.39 Å². The molecule has 150 valence electrons. The Hall–Kier alpha value is -2.07. The van der Waals surface area contributed by atoms with E-state index < -0.39 is 0 Å². The molecule has 1 fully saturated rings. The Morgan fingerprint density at radius 1 is 1.25 bits per heavy atom. The van der Waals surface area contributed by atoms with E-state index >= 15 is 0 Å². The molecule has 28 heavy (non-hydrogen) atoms. The number of aliphatic hydroxyl groups excluding tert-OH is 1. The molecule has 0 radical (unpaired) electrons. The van der Waals surface area contributed by atoms with Gasteiger partial charge in [0.05, 0.1) is 17.5 Å². The first-order valence-corrected chi connectivity index (χ1v) is 10.3. The van der Waals surface area contributed by atoms with Crippen LogP contribution < -0.4 is 0 Å². The molecule has 1 atom stereocenters. The molecule has 2 aromatic heterocycles. The number of nitrogens with zero attached hydrogens (tertiary/aromatic N) is 5. The highest BCUT2D eigenvalue weighted by Crippen LogP contribution is 2.40. The molecule has 7 nitrogen and oxygen atoms in total. The number of aliphatic hydroxyl groups is 1. The Balaban J connectivity index is 1.71. The lowest BCUT2D eigenvalue weighted by atomic mass is 10.0. The van der Waals surface area contributed by atoms with Crippen LogP contribution in [0.25, 0.3) is 4.96 Å². The number of benzene rings is 1. The van der Waals surface area contributed by atoms with Crippen molar-refractivity contribution in [1.82, 2.24) is 24.4 Å². The van der Waals surface area contributed by atoms with Gasteiger partial charge in [0.15, 0.2) is 5.82 Å². The van der Waals surface area contributed by atoms with E-state index in [4.69, 9.17) is 0 Å². The lowest BCUT2D eigenvalue weighted by Gasteiger charge is -2.39. The van der Waals surface area contributed by atoms with Gasteiger partial charge in [-0.25, -0.2) is 9.37 Å². The van der Waals surface area contributed by atoms with Crippen molar-refractivity contribution in [2.75, 3.05) is 39.3 Å². The standard InChI is InChI=1S/C19H24FN5O2S/c1-2-15-21-19-25(22-15)18(27)17(28-19)16(13-4-3-5-14(20)12-13)24-8-6-23(7-9-24)10-11-26/h3-5,12,16,26-27H,2,6-11H2,1H3. The van der Waals surface area contributed by atoms with Crippen molar-refractivity contribution < 1.29 is 14.6 Å². The Labute approximate surface area is 166 Å². The molecule has 3 heterocycles. The number of aromatic hydroxyl groups is 1. The van der Waals surface area contributed by atoms with E-state index in [0.717, 1.165) is 36.6 Å². The number of hydrogen-bond donors (Lipinski definition) is 2. The largest absolute Gasteiger partial charge is 0.492 e. The fourth-order valence-electron chi connectivity index (χ4n) is 3.71. The number of fused-ring (bicyclic) bond motifs is 1. The second kappa shape index (κ2) is 8.12. The zero-order valence-electron chi connectivity index (χ0n) is 15.8. The number of aryl methyl sites for hydroxylation is 1. The Bertz CT molecular complexity index is 951. The van der Waals surface area contributed by atoms with Gasteiger partial charge in [0.2, 0.25) is 10.8 Å². The summed E-state index contributed by atoms with van der Waals surface area (Å²) in [7, 11) is 0. The zero-order chi connectivity index (χ0) is 19.7. The van der Waals surface area contributed by atoms with Crippen molar-refractivity contribution in [2.45, 2.75) is 19.4 Å². The first kappa shape index (κ1) is 19.3. The third-order valence-corrected chi connectivity index (χ3v) is 6.23. The van der Waals surface area contributed by atoms with Crippen LogP contribution in [-0.4, -0.2) is 73.9 Å². The summed E-state index contributed by atoms with van der Waals surface area (Å²) in [5.41, 5.74) is 0.797.